The molecule has 16 heavy (non-hydrogen) atoms. The normalized spacial score (nSPS) is 21.0. The molecule has 2 heterocycles. The van der Waals surface area contributed by atoms with E-state index in [9.17, 15) is 8.42 Å². The lowest BCUT2D eigenvalue weighted by atomic mass is 10.3. The highest BCUT2D eigenvalue weighted by atomic mass is 32.2. The Balaban J connectivity index is 1.68. The second-order valence-electron chi connectivity index (χ2n) is 4.15. The Kier molecular flexibility index (Phi) is 3.60. The second-order valence-corrected chi connectivity index (χ2v) is 6.45. The fourth-order valence-corrected chi connectivity index (χ4v) is 3.15. The monoisotopic (exact) mass is 243 g/mol. The first kappa shape index (κ1) is 11.6. The van der Waals surface area contributed by atoms with E-state index in [1.807, 2.05) is 10.8 Å². The number of sulfone groups is 1. The fourth-order valence-electron chi connectivity index (χ4n) is 1.87. The van der Waals surface area contributed by atoms with Gasteiger partial charge < -0.3 is 9.47 Å². The number of hydrogen-bond donors (Lipinski definition) is 0. The minimum absolute atomic E-state index is 0.318. The van der Waals surface area contributed by atoms with E-state index in [4.69, 9.17) is 0 Å². The summed E-state index contributed by atoms with van der Waals surface area (Å²) in [5.74, 6) is 0.635. The molecule has 0 N–H and O–H groups in total. The van der Waals surface area contributed by atoms with Crippen molar-refractivity contribution in [3.05, 3.63) is 18.7 Å². The van der Waals surface area contributed by atoms with Crippen LogP contribution in [0.1, 0.15) is 6.42 Å². The smallest absolute Gasteiger partial charge is 0.152 e. The molecule has 0 spiro atoms. The summed E-state index contributed by atoms with van der Waals surface area (Å²) >= 11 is 0. The van der Waals surface area contributed by atoms with Crippen LogP contribution in [0.15, 0.2) is 18.7 Å². The van der Waals surface area contributed by atoms with Crippen LogP contribution in [0.2, 0.25) is 0 Å². The number of aryl methyl sites for hydroxylation is 1. The Morgan fingerprint density at radius 2 is 1.94 bits per heavy atom. The SMILES string of the molecule is O=S1(=O)CCN(CCCn2ccnc2)CC1. The largest absolute Gasteiger partial charge is 0.337 e. The molecule has 0 atom stereocenters. The van der Waals surface area contributed by atoms with Crippen molar-refractivity contribution >= 4 is 9.84 Å². The topological polar surface area (TPSA) is 55.2 Å². The lowest BCUT2D eigenvalue weighted by Gasteiger charge is -2.26. The van der Waals surface area contributed by atoms with Gasteiger partial charge in [-0.15, -0.1) is 0 Å². The summed E-state index contributed by atoms with van der Waals surface area (Å²) in [5.41, 5.74) is 0. The highest BCUT2D eigenvalue weighted by Crippen LogP contribution is 2.04. The minimum atomic E-state index is -2.74. The summed E-state index contributed by atoms with van der Waals surface area (Å²) in [6.45, 7) is 3.29. The Labute approximate surface area is 96.0 Å². The van der Waals surface area contributed by atoms with Crippen LogP contribution in [0.3, 0.4) is 0 Å². The third kappa shape index (κ3) is 3.31. The first-order valence-corrected chi connectivity index (χ1v) is 7.36. The third-order valence-corrected chi connectivity index (χ3v) is 4.50. The Hall–Kier alpha value is -0.880. The molecule has 0 amide bonds. The molecule has 6 heteroatoms. The molecule has 0 bridgehead atoms. The summed E-state index contributed by atoms with van der Waals surface area (Å²) in [5, 5.41) is 0. The number of nitrogens with zero attached hydrogens (tertiary/aromatic N) is 3. The molecule has 0 radical (unpaired) electrons. The molecule has 1 fully saturated rings. The van der Waals surface area contributed by atoms with Crippen molar-refractivity contribution in [2.45, 2.75) is 13.0 Å². The van der Waals surface area contributed by atoms with Gasteiger partial charge in [-0.2, -0.15) is 0 Å². The number of imidazole rings is 1. The van der Waals surface area contributed by atoms with Crippen LogP contribution >= 0.6 is 0 Å². The van der Waals surface area contributed by atoms with Crippen LogP contribution in [-0.2, 0) is 16.4 Å². The van der Waals surface area contributed by atoms with E-state index in [1.54, 1.807) is 12.5 Å². The Morgan fingerprint density at radius 1 is 1.19 bits per heavy atom. The van der Waals surface area contributed by atoms with E-state index in [0.29, 0.717) is 24.6 Å². The number of aromatic nitrogens is 2. The van der Waals surface area contributed by atoms with E-state index < -0.39 is 9.84 Å². The van der Waals surface area contributed by atoms with Gasteiger partial charge in [0, 0.05) is 32.0 Å². The van der Waals surface area contributed by atoms with Crippen LogP contribution in [0.4, 0.5) is 0 Å². The van der Waals surface area contributed by atoms with Crippen molar-refractivity contribution in [3.63, 3.8) is 0 Å². The standard InChI is InChI=1S/C10H17N3O2S/c14-16(15)8-6-12(7-9-16)3-1-4-13-5-2-11-10-13/h2,5,10H,1,3-4,6-9H2. The molecule has 1 aliphatic heterocycles. The van der Waals surface area contributed by atoms with Gasteiger partial charge in [-0.1, -0.05) is 0 Å². The summed E-state index contributed by atoms with van der Waals surface area (Å²) in [6.07, 6.45) is 6.56. The van der Waals surface area contributed by atoms with Crippen molar-refractivity contribution in [1.82, 2.24) is 14.5 Å². The fraction of sp³-hybridized carbons (Fsp3) is 0.700. The average molecular weight is 243 g/mol. The van der Waals surface area contributed by atoms with Crippen LogP contribution in [0.5, 0.6) is 0 Å². The zero-order valence-electron chi connectivity index (χ0n) is 9.25. The molecular formula is C10H17N3O2S. The lowest BCUT2D eigenvalue weighted by molar-refractivity contribution is 0.286. The molecule has 1 aliphatic rings. The summed E-state index contributed by atoms with van der Waals surface area (Å²) in [7, 11) is -2.74. The molecule has 0 saturated carbocycles. The predicted molar refractivity (Wildman–Crippen MR) is 61.9 cm³/mol. The molecule has 0 unspecified atom stereocenters. The van der Waals surface area contributed by atoms with Gasteiger partial charge in [-0.05, 0) is 13.0 Å². The van der Waals surface area contributed by atoms with Crippen molar-refractivity contribution < 1.29 is 8.42 Å². The van der Waals surface area contributed by atoms with Gasteiger partial charge >= 0.3 is 0 Å². The van der Waals surface area contributed by atoms with Crippen LogP contribution in [0, 0.1) is 0 Å². The van der Waals surface area contributed by atoms with E-state index in [0.717, 1.165) is 19.5 Å². The first-order chi connectivity index (χ1) is 7.66. The number of rotatable bonds is 4. The molecule has 90 valence electrons. The maximum absolute atomic E-state index is 11.2. The van der Waals surface area contributed by atoms with E-state index >= 15 is 0 Å². The molecular weight excluding hydrogens is 226 g/mol. The minimum Gasteiger partial charge on any atom is -0.337 e. The highest BCUT2D eigenvalue weighted by Gasteiger charge is 2.20. The van der Waals surface area contributed by atoms with Crippen LogP contribution in [0.25, 0.3) is 0 Å². The molecule has 0 aromatic carbocycles. The van der Waals surface area contributed by atoms with Crippen LogP contribution in [-0.4, -0.2) is 54.0 Å². The van der Waals surface area contributed by atoms with Crippen molar-refractivity contribution in [2.24, 2.45) is 0 Å². The van der Waals surface area contributed by atoms with Gasteiger partial charge in [0.15, 0.2) is 9.84 Å². The highest BCUT2D eigenvalue weighted by molar-refractivity contribution is 7.91. The Bertz CT molecular complexity index is 399. The van der Waals surface area contributed by atoms with Crippen molar-refractivity contribution in [1.29, 1.82) is 0 Å². The molecule has 0 aliphatic carbocycles. The van der Waals surface area contributed by atoms with E-state index in [1.165, 1.54) is 0 Å². The molecule has 1 saturated heterocycles. The maximum Gasteiger partial charge on any atom is 0.152 e. The Morgan fingerprint density at radius 3 is 2.56 bits per heavy atom. The zero-order valence-corrected chi connectivity index (χ0v) is 10.1. The van der Waals surface area contributed by atoms with E-state index in [-0.39, 0.29) is 0 Å². The van der Waals surface area contributed by atoms with Gasteiger partial charge in [-0.3, -0.25) is 0 Å². The summed E-state index contributed by atoms with van der Waals surface area (Å²) in [6, 6.07) is 0. The quantitative estimate of drug-likeness (QED) is 0.747. The van der Waals surface area contributed by atoms with Crippen LogP contribution < -0.4 is 0 Å². The van der Waals surface area contributed by atoms with Gasteiger partial charge in [0.05, 0.1) is 17.8 Å². The zero-order chi connectivity index (χ0) is 11.4. The second kappa shape index (κ2) is 4.97. The van der Waals surface area contributed by atoms with Gasteiger partial charge in [-0.25, -0.2) is 13.4 Å². The van der Waals surface area contributed by atoms with Gasteiger partial charge in [0.25, 0.3) is 0 Å². The summed E-state index contributed by atoms with van der Waals surface area (Å²) < 4.78 is 24.5. The average Bonchev–Trinajstić information content (AvgIpc) is 2.73. The third-order valence-electron chi connectivity index (χ3n) is 2.89. The van der Waals surface area contributed by atoms with Gasteiger partial charge in [0.2, 0.25) is 0 Å². The van der Waals surface area contributed by atoms with Crippen molar-refractivity contribution in [3.8, 4) is 0 Å². The lowest BCUT2D eigenvalue weighted by Crippen LogP contribution is -2.40. The summed E-state index contributed by atoms with van der Waals surface area (Å²) in [4.78, 5) is 6.20. The molecule has 1 aromatic heterocycles. The maximum atomic E-state index is 11.2. The first-order valence-electron chi connectivity index (χ1n) is 5.54. The number of hydrogen-bond acceptors (Lipinski definition) is 4. The molecule has 5 nitrogen and oxygen atoms in total. The van der Waals surface area contributed by atoms with E-state index in [2.05, 4.69) is 9.88 Å². The molecule has 2 rings (SSSR count). The van der Waals surface area contributed by atoms with Crippen molar-refractivity contribution in [2.75, 3.05) is 31.1 Å². The van der Waals surface area contributed by atoms with Gasteiger partial charge in [0.1, 0.15) is 0 Å². The predicted octanol–water partition coefficient (Wildman–Crippen LogP) is 0.00360. The molecule has 1 aromatic rings.